The summed E-state index contributed by atoms with van der Waals surface area (Å²) in [7, 11) is 1.70. The van der Waals surface area contributed by atoms with E-state index in [4.69, 9.17) is 14.5 Å². The maximum absolute atomic E-state index is 5.50. The lowest BCUT2D eigenvalue weighted by atomic mass is 10.1. The van der Waals surface area contributed by atoms with Crippen molar-refractivity contribution in [2.45, 2.75) is 26.3 Å². The molecule has 0 unspecified atom stereocenters. The Hall–Kier alpha value is -2.45. The summed E-state index contributed by atoms with van der Waals surface area (Å²) in [4.78, 5) is 7.31. The Bertz CT molecular complexity index is 910. The molecule has 8 heteroatoms. The fourth-order valence-corrected chi connectivity index (χ4v) is 3.47. The highest BCUT2D eigenvalue weighted by atomic mass is 16.5. The molecule has 0 aliphatic carbocycles. The second-order valence-corrected chi connectivity index (χ2v) is 7.04. The maximum Gasteiger partial charge on any atom is 0.178 e. The lowest BCUT2D eigenvalue weighted by Crippen LogP contribution is -2.36. The first-order valence-corrected chi connectivity index (χ1v) is 9.41. The van der Waals surface area contributed by atoms with E-state index < -0.39 is 0 Å². The van der Waals surface area contributed by atoms with E-state index >= 15 is 0 Å². The van der Waals surface area contributed by atoms with Gasteiger partial charge in [-0.3, -0.25) is 4.68 Å². The van der Waals surface area contributed by atoms with E-state index in [0.717, 1.165) is 61.1 Å². The first-order valence-electron chi connectivity index (χ1n) is 9.41. The summed E-state index contributed by atoms with van der Waals surface area (Å²) >= 11 is 0. The molecule has 3 aromatic heterocycles. The zero-order chi connectivity index (χ0) is 18.8. The van der Waals surface area contributed by atoms with E-state index in [0.29, 0.717) is 6.61 Å². The monoisotopic (exact) mass is 370 g/mol. The van der Waals surface area contributed by atoms with Gasteiger partial charge in [-0.2, -0.15) is 10.2 Å². The van der Waals surface area contributed by atoms with Gasteiger partial charge in [0.15, 0.2) is 5.65 Å². The van der Waals surface area contributed by atoms with Crippen molar-refractivity contribution < 1.29 is 9.47 Å². The normalized spacial score (nSPS) is 15.2. The molecule has 8 nitrogen and oxygen atoms in total. The number of rotatable bonds is 6. The van der Waals surface area contributed by atoms with Crippen LogP contribution in [0.5, 0.6) is 0 Å². The van der Waals surface area contributed by atoms with Crippen molar-refractivity contribution in [1.82, 2.24) is 24.4 Å². The average molecular weight is 370 g/mol. The number of fused-ring (bicyclic) bond motifs is 1. The quantitative estimate of drug-likeness (QED) is 0.663. The lowest BCUT2D eigenvalue weighted by molar-refractivity contribution is 0.123. The minimum absolute atomic E-state index is 0.279. The molecule has 27 heavy (non-hydrogen) atoms. The first-order chi connectivity index (χ1) is 13.2. The molecule has 0 bridgehead atoms. The standard InChI is InChI=1S/C19H26N6O2/c1-14(2)17-18(15-12-21-24(13-15)8-9-26-3)25-19(22-17)16(4-5-20-25)23-6-10-27-11-7-23/h4-5,12-14H,6-11H2,1-3H3. The largest absolute Gasteiger partial charge is 0.383 e. The van der Waals surface area contributed by atoms with E-state index in [-0.39, 0.29) is 5.92 Å². The van der Waals surface area contributed by atoms with E-state index in [2.05, 4.69) is 28.9 Å². The molecule has 0 N–H and O–H groups in total. The van der Waals surface area contributed by atoms with Gasteiger partial charge in [-0.25, -0.2) is 9.50 Å². The summed E-state index contributed by atoms with van der Waals surface area (Å²) in [6.07, 6.45) is 5.77. The van der Waals surface area contributed by atoms with Crippen LogP contribution >= 0.6 is 0 Å². The molecule has 144 valence electrons. The molecular formula is C19H26N6O2. The number of anilines is 1. The van der Waals surface area contributed by atoms with Gasteiger partial charge in [0.05, 0.1) is 55.8 Å². The van der Waals surface area contributed by atoms with Gasteiger partial charge in [0.1, 0.15) is 0 Å². The predicted molar refractivity (Wildman–Crippen MR) is 103 cm³/mol. The third kappa shape index (κ3) is 3.42. The van der Waals surface area contributed by atoms with Crippen LogP contribution in [0, 0.1) is 0 Å². The fraction of sp³-hybridized carbons (Fsp3) is 0.526. The minimum atomic E-state index is 0.279. The first kappa shape index (κ1) is 17.9. The molecule has 0 amide bonds. The number of imidazole rings is 1. The highest BCUT2D eigenvalue weighted by Crippen LogP contribution is 2.32. The van der Waals surface area contributed by atoms with Crippen LogP contribution in [0.2, 0.25) is 0 Å². The van der Waals surface area contributed by atoms with Crippen LogP contribution in [0.25, 0.3) is 16.9 Å². The summed E-state index contributed by atoms with van der Waals surface area (Å²) in [5.74, 6) is 0.279. The Kier molecular flexibility index (Phi) is 5.09. The number of ether oxygens (including phenoxy) is 2. The van der Waals surface area contributed by atoms with Gasteiger partial charge >= 0.3 is 0 Å². The van der Waals surface area contributed by atoms with E-state index in [9.17, 15) is 0 Å². The zero-order valence-corrected chi connectivity index (χ0v) is 16.1. The summed E-state index contributed by atoms with van der Waals surface area (Å²) in [6, 6.07) is 2.05. The average Bonchev–Trinajstić information content (AvgIpc) is 3.31. The Labute approximate surface area is 158 Å². The Morgan fingerprint density at radius 1 is 1.22 bits per heavy atom. The highest BCUT2D eigenvalue weighted by molar-refractivity contribution is 5.75. The third-order valence-electron chi connectivity index (χ3n) is 4.85. The van der Waals surface area contributed by atoms with E-state index in [1.807, 2.05) is 33.9 Å². The Balaban J connectivity index is 1.81. The molecule has 1 fully saturated rings. The summed E-state index contributed by atoms with van der Waals surface area (Å²) in [5, 5.41) is 9.09. The van der Waals surface area contributed by atoms with Crippen molar-refractivity contribution in [3.8, 4) is 11.3 Å². The third-order valence-corrected chi connectivity index (χ3v) is 4.85. The molecule has 3 aromatic rings. The molecule has 1 aliphatic heterocycles. The van der Waals surface area contributed by atoms with Gasteiger partial charge in [0.25, 0.3) is 0 Å². The number of nitrogens with zero attached hydrogens (tertiary/aromatic N) is 6. The van der Waals surface area contributed by atoms with E-state index in [1.54, 1.807) is 7.11 Å². The molecule has 0 atom stereocenters. The summed E-state index contributed by atoms with van der Waals surface area (Å²) in [6.45, 7) is 8.89. The van der Waals surface area contributed by atoms with Crippen LogP contribution in [0.3, 0.4) is 0 Å². The number of morpholine rings is 1. The lowest BCUT2D eigenvalue weighted by Gasteiger charge is -2.28. The summed E-state index contributed by atoms with van der Waals surface area (Å²) in [5.41, 5.74) is 5.07. The van der Waals surface area contributed by atoms with Gasteiger partial charge < -0.3 is 14.4 Å². The number of hydrogen-bond acceptors (Lipinski definition) is 6. The predicted octanol–water partition coefficient (Wildman–Crippen LogP) is 2.20. The van der Waals surface area contributed by atoms with Crippen LogP contribution in [-0.2, 0) is 16.0 Å². The van der Waals surface area contributed by atoms with Crippen molar-refractivity contribution in [2.75, 3.05) is 44.9 Å². The van der Waals surface area contributed by atoms with Gasteiger partial charge in [0.2, 0.25) is 0 Å². The van der Waals surface area contributed by atoms with Gasteiger partial charge in [-0.15, -0.1) is 0 Å². The molecule has 0 spiro atoms. The SMILES string of the molecule is COCCn1cc(-c2c(C(C)C)nc3c(N4CCOCC4)ccnn23)cn1. The number of methoxy groups -OCH3 is 1. The van der Waals surface area contributed by atoms with Crippen LogP contribution < -0.4 is 4.90 Å². The van der Waals surface area contributed by atoms with Crippen molar-refractivity contribution in [2.24, 2.45) is 0 Å². The smallest absolute Gasteiger partial charge is 0.178 e. The fourth-order valence-electron chi connectivity index (χ4n) is 3.47. The van der Waals surface area contributed by atoms with E-state index in [1.165, 1.54) is 0 Å². The van der Waals surface area contributed by atoms with Crippen LogP contribution in [-0.4, -0.2) is 64.4 Å². The van der Waals surface area contributed by atoms with Crippen molar-refractivity contribution in [1.29, 1.82) is 0 Å². The maximum atomic E-state index is 5.50. The highest BCUT2D eigenvalue weighted by Gasteiger charge is 2.23. The Morgan fingerprint density at radius 2 is 2.04 bits per heavy atom. The molecule has 1 saturated heterocycles. The molecule has 1 aliphatic rings. The summed E-state index contributed by atoms with van der Waals surface area (Å²) < 4.78 is 14.5. The molecule has 0 aromatic carbocycles. The molecular weight excluding hydrogens is 344 g/mol. The van der Waals surface area contributed by atoms with Crippen molar-refractivity contribution in [3.63, 3.8) is 0 Å². The van der Waals surface area contributed by atoms with Crippen LogP contribution in [0.1, 0.15) is 25.5 Å². The zero-order valence-electron chi connectivity index (χ0n) is 16.1. The van der Waals surface area contributed by atoms with Crippen molar-refractivity contribution >= 4 is 11.3 Å². The number of aromatic nitrogens is 5. The second-order valence-electron chi connectivity index (χ2n) is 7.04. The van der Waals surface area contributed by atoms with Crippen LogP contribution in [0.4, 0.5) is 5.69 Å². The van der Waals surface area contributed by atoms with Crippen LogP contribution in [0.15, 0.2) is 24.7 Å². The topological polar surface area (TPSA) is 69.7 Å². The molecule has 4 rings (SSSR count). The van der Waals surface area contributed by atoms with Gasteiger partial charge in [-0.1, -0.05) is 13.8 Å². The minimum Gasteiger partial charge on any atom is -0.383 e. The Morgan fingerprint density at radius 3 is 2.78 bits per heavy atom. The second kappa shape index (κ2) is 7.66. The molecule has 0 radical (unpaired) electrons. The van der Waals surface area contributed by atoms with Gasteiger partial charge in [-0.05, 0) is 12.0 Å². The van der Waals surface area contributed by atoms with Gasteiger partial charge in [0, 0.05) is 32.0 Å². The molecule has 4 heterocycles. The van der Waals surface area contributed by atoms with Crippen molar-refractivity contribution in [3.05, 3.63) is 30.4 Å². The molecule has 0 saturated carbocycles. The number of hydrogen-bond donors (Lipinski definition) is 0.